The summed E-state index contributed by atoms with van der Waals surface area (Å²) in [4.78, 5) is 15.0. The molecule has 6 heteroatoms. The van der Waals surface area contributed by atoms with Crippen LogP contribution in [0.25, 0.3) is 0 Å². The van der Waals surface area contributed by atoms with Crippen molar-refractivity contribution in [1.29, 1.82) is 0 Å². The number of aliphatic hydroxyl groups excluding tert-OH is 1. The number of rotatable bonds is 6. The summed E-state index contributed by atoms with van der Waals surface area (Å²) in [6.07, 6.45) is 4.00. The Kier molecular flexibility index (Phi) is 6.29. The maximum Gasteiger partial charge on any atom is 0.239 e. The summed E-state index contributed by atoms with van der Waals surface area (Å²) in [7, 11) is 1.57. The Hall–Kier alpha value is -1.63. The molecule has 1 aromatic rings. The lowest BCUT2D eigenvalue weighted by molar-refractivity contribution is -0.135. The number of benzene rings is 1. The van der Waals surface area contributed by atoms with Crippen molar-refractivity contribution in [2.75, 3.05) is 33.4 Å². The second kappa shape index (κ2) is 8.65. The molecule has 0 spiro atoms. The maximum absolute atomic E-state index is 12.7. The smallest absolute Gasteiger partial charge is 0.239 e. The summed E-state index contributed by atoms with van der Waals surface area (Å²) < 4.78 is 10.8. The Bertz CT molecular complexity index is 574. The van der Waals surface area contributed by atoms with Gasteiger partial charge in [-0.2, -0.15) is 0 Å². The summed E-state index contributed by atoms with van der Waals surface area (Å²) in [5, 5.41) is 13.3. The quantitative estimate of drug-likeness (QED) is 0.815. The Morgan fingerprint density at radius 1 is 1.40 bits per heavy atom. The van der Waals surface area contributed by atoms with Gasteiger partial charge in [-0.1, -0.05) is 31.0 Å². The third-order valence-electron chi connectivity index (χ3n) is 5.23. The number of aliphatic hydroxyl groups is 1. The van der Waals surface area contributed by atoms with Gasteiger partial charge in [-0.3, -0.25) is 9.69 Å². The van der Waals surface area contributed by atoms with Gasteiger partial charge in [0.1, 0.15) is 11.8 Å². The van der Waals surface area contributed by atoms with E-state index < -0.39 is 6.10 Å². The average molecular weight is 348 g/mol. The number of nitrogens with one attached hydrogen (secondary N) is 1. The van der Waals surface area contributed by atoms with Gasteiger partial charge in [-0.05, 0) is 18.9 Å². The average Bonchev–Trinajstić information content (AvgIpc) is 3.20. The van der Waals surface area contributed by atoms with Crippen molar-refractivity contribution in [3.8, 4) is 5.75 Å². The SMILES string of the molecule is COc1ccccc1[C@@H](O)CNC(=O)[C@H]1COCCN1C1CCCC1. The molecular formula is C19H28N2O4. The van der Waals surface area contributed by atoms with Crippen molar-refractivity contribution in [1.82, 2.24) is 10.2 Å². The molecule has 25 heavy (non-hydrogen) atoms. The summed E-state index contributed by atoms with van der Waals surface area (Å²) in [6, 6.07) is 7.54. The van der Waals surface area contributed by atoms with Gasteiger partial charge in [0.05, 0.1) is 26.4 Å². The molecule has 0 bridgehead atoms. The van der Waals surface area contributed by atoms with Crippen LogP contribution in [0.4, 0.5) is 0 Å². The molecule has 2 fully saturated rings. The molecule has 1 amide bonds. The van der Waals surface area contributed by atoms with Crippen LogP contribution in [0.2, 0.25) is 0 Å². The first kappa shape index (κ1) is 18.2. The van der Waals surface area contributed by atoms with Crippen LogP contribution in [0.3, 0.4) is 0 Å². The number of morpholine rings is 1. The third-order valence-corrected chi connectivity index (χ3v) is 5.23. The third kappa shape index (κ3) is 4.32. The molecule has 2 N–H and O–H groups in total. The van der Waals surface area contributed by atoms with Crippen LogP contribution >= 0.6 is 0 Å². The van der Waals surface area contributed by atoms with Crippen LogP contribution < -0.4 is 10.1 Å². The lowest BCUT2D eigenvalue weighted by Crippen LogP contribution is -2.57. The fraction of sp³-hybridized carbons (Fsp3) is 0.632. The molecule has 0 radical (unpaired) electrons. The van der Waals surface area contributed by atoms with Gasteiger partial charge in [0.25, 0.3) is 0 Å². The van der Waals surface area contributed by atoms with Gasteiger partial charge in [0.2, 0.25) is 5.91 Å². The van der Waals surface area contributed by atoms with E-state index in [1.54, 1.807) is 13.2 Å². The number of hydrogen-bond acceptors (Lipinski definition) is 5. The molecule has 2 aliphatic rings. The Morgan fingerprint density at radius 3 is 2.92 bits per heavy atom. The number of methoxy groups -OCH3 is 1. The predicted molar refractivity (Wildman–Crippen MR) is 94.5 cm³/mol. The van der Waals surface area contributed by atoms with Crippen LogP contribution in [0.15, 0.2) is 24.3 Å². The number of amides is 1. The van der Waals surface area contributed by atoms with Gasteiger partial charge in [-0.15, -0.1) is 0 Å². The van der Waals surface area contributed by atoms with Gasteiger partial charge in [0.15, 0.2) is 0 Å². The fourth-order valence-corrected chi connectivity index (χ4v) is 3.88. The molecule has 6 nitrogen and oxygen atoms in total. The molecule has 0 aromatic heterocycles. The van der Waals surface area contributed by atoms with Gasteiger partial charge >= 0.3 is 0 Å². The van der Waals surface area contributed by atoms with Gasteiger partial charge < -0.3 is 19.9 Å². The highest BCUT2D eigenvalue weighted by Gasteiger charge is 2.35. The van der Waals surface area contributed by atoms with Crippen LogP contribution in [0.5, 0.6) is 5.75 Å². The van der Waals surface area contributed by atoms with Gasteiger partial charge in [-0.25, -0.2) is 0 Å². The van der Waals surface area contributed by atoms with Gasteiger partial charge in [0, 0.05) is 24.7 Å². The van der Waals surface area contributed by atoms with Crippen LogP contribution in [0.1, 0.15) is 37.4 Å². The highest BCUT2D eigenvalue weighted by Crippen LogP contribution is 2.27. The molecule has 138 valence electrons. The highest BCUT2D eigenvalue weighted by molar-refractivity contribution is 5.82. The monoisotopic (exact) mass is 348 g/mol. The summed E-state index contributed by atoms with van der Waals surface area (Å²) in [6.45, 7) is 2.07. The molecule has 1 heterocycles. The van der Waals surface area contributed by atoms with Crippen molar-refractivity contribution in [3.63, 3.8) is 0 Å². The zero-order valence-electron chi connectivity index (χ0n) is 14.8. The number of hydrogen-bond donors (Lipinski definition) is 2. The zero-order chi connectivity index (χ0) is 17.6. The van der Waals surface area contributed by atoms with E-state index in [2.05, 4.69) is 10.2 Å². The van der Waals surface area contributed by atoms with E-state index in [0.29, 0.717) is 30.6 Å². The van der Waals surface area contributed by atoms with Crippen molar-refractivity contribution in [2.24, 2.45) is 0 Å². The molecule has 1 aromatic carbocycles. The molecule has 0 unspecified atom stereocenters. The topological polar surface area (TPSA) is 71.0 Å². The molecule has 1 aliphatic carbocycles. The minimum absolute atomic E-state index is 0.0689. The van der Waals surface area contributed by atoms with Crippen molar-refractivity contribution in [2.45, 2.75) is 43.9 Å². The largest absolute Gasteiger partial charge is 0.496 e. The fourth-order valence-electron chi connectivity index (χ4n) is 3.88. The summed E-state index contributed by atoms with van der Waals surface area (Å²) >= 11 is 0. The summed E-state index contributed by atoms with van der Waals surface area (Å²) in [5.41, 5.74) is 0.679. The molecular weight excluding hydrogens is 320 g/mol. The number of nitrogens with zero attached hydrogens (tertiary/aromatic N) is 1. The molecule has 1 saturated heterocycles. The lowest BCUT2D eigenvalue weighted by atomic mass is 10.1. The van der Waals surface area contributed by atoms with E-state index in [1.165, 1.54) is 12.8 Å². The van der Waals surface area contributed by atoms with Crippen LogP contribution in [-0.2, 0) is 9.53 Å². The first-order chi connectivity index (χ1) is 12.2. The predicted octanol–water partition coefficient (Wildman–Crippen LogP) is 1.49. The van der Waals surface area contributed by atoms with Crippen molar-refractivity contribution in [3.05, 3.63) is 29.8 Å². The van der Waals surface area contributed by atoms with Crippen molar-refractivity contribution < 1.29 is 19.4 Å². The minimum Gasteiger partial charge on any atom is -0.496 e. The number of ether oxygens (including phenoxy) is 2. The first-order valence-corrected chi connectivity index (χ1v) is 9.13. The summed E-state index contributed by atoms with van der Waals surface area (Å²) in [5.74, 6) is 0.554. The van der Waals surface area contributed by atoms with E-state index >= 15 is 0 Å². The number of carbonyl (C=O) groups is 1. The number of carbonyl (C=O) groups excluding carboxylic acids is 1. The molecule has 1 aliphatic heterocycles. The normalized spacial score (nSPS) is 23.4. The van der Waals surface area contributed by atoms with E-state index in [-0.39, 0.29) is 18.5 Å². The Balaban J connectivity index is 1.58. The molecule has 3 rings (SSSR count). The first-order valence-electron chi connectivity index (χ1n) is 9.13. The Morgan fingerprint density at radius 2 is 2.16 bits per heavy atom. The van der Waals surface area contributed by atoms with E-state index in [1.807, 2.05) is 18.2 Å². The highest BCUT2D eigenvalue weighted by atomic mass is 16.5. The van der Waals surface area contributed by atoms with Crippen molar-refractivity contribution >= 4 is 5.91 Å². The maximum atomic E-state index is 12.7. The standard InChI is InChI=1S/C19H28N2O4/c1-24-18-9-5-4-8-15(18)17(22)12-20-19(23)16-13-25-11-10-21(16)14-6-2-3-7-14/h4-5,8-9,14,16-17,22H,2-3,6-7,10-13H2,1H3,(H,20,23)/t16-,17+/m1/s1. The minimum atomic E-state index is -0.801. The van der Waals surface area contributed by atoms with Crippen LogP contribution in [-0.4, -0.2) is 61.4 Å². The second-order valence-corrected chi connectivity index (χ2v) is 6.77. The Labute approximate surface area is 149 Å². The zero-order valence-corrected chi connectivity index (χ0v) is 14.8. The molecule has 2 atom stereocenters. The van der Waals surface area contributed by atoms with Crippen LogP contribution in [0, 0.1) is 0 Å². The van der Waals surface area contributed by atoms with E-state index in [9.17, 15) is 9.90 Å². The number of para-hydroxylation sites is 1. The lowest BCUT2D eigenvalue weighted by Gasteiger charge is -2.38. The second-order valence-electron chi connectivity index (χ2n) is 6.77. The van der Waals surface area contributed by atoms with E-state index in [4.69, 9.17) is 9.47 Å². The van der Waals surface area contributed by atoms with E-state index in [0.717, 1.165) is 19.4 Å². The molecule has 1 saturated carbocycles.